The maximum absolute atomic E-state index is 3.45. The molecule has 0 bridgehead atoms. The van der Waals surface area contributed by atoms with Gasteiger partial charge in [0.25, 0.3) is 0 Å². The molecule has 0 radical (unpaired) electrons. The summed E-state index contributed by atoms with van der Waals surface area (Å²) in [6, 6.07) is 9.61. The molecule has 0 amide bonds. The second-order valence-corrected chi connectivity index (χ2v) is 6.47. The Labute approximate surface area is 115 Å². The van der Waals surface area contributed by atoms with Gasteiger partial charge < -0.3 is 5.32 Å². The molecule has 0 spiro atoms. The normalized spacial score (nSPS) is 17.3. The first-order valence-corrected chi connectivity index (χ1v) is 8.01. The van der Waals surface area contributed by atoms with Gasteiger partial charge in [-0.05, 0) is 11.1 Å². The number of hydrogen-bond acceptors (Lipinski definition) is 3. The summed E-state index contributed by atoms with van der Waals surface area (Å²) in [5.41, 5.74) is 2.82. The van der Waals surface area contributed by atoms with Gasteiger partial charge in [0.05, 0.1) is 0 Å². The number of nitrogens with zero attached hydrogens (tertiary/aromatic N) is 1. The van der Waals surface area contributed by atoms with E-state index in [2.05, 4.69) is 60.1 Å². The van der Waals surface area contributed by atoms with E-state index in [-0.39, 0.29) is 0 Å². The molecule has 1 saturated heterocycles. The fourth-order valence-electron chi connectivity index (χ4n) is 2.10. The van der Waals surface area contributed by atoms with Crippen LogP contribution < -0.4 is 5.32 Å². The van der Waals surface area contributed by atoms with Crippen LogP contribution in [0.4, 0.5) is 0 Å². The highest BCUT2D eigenvalue weighted by molar-refractivity contribution is 7.99. The summed E-state index contributed by atoms with van der Waals surface area (Å²) in [5, 5.41) is 3.45. The Morgan fingerprint density at radius 3 is 2.33 bits per heavy atom. The van der Waals surface area contributed by atoms with Crippen molar-refractivity contribution in [1.82, 2.24) is 10.2 Å². The van der Waals surface area contributed by atoms with Crippen LogP contribution in [0.2, 0.25) is 0 Å². The average Bonchev–Trinajstić information content (AvgIpc) is 2.39. The van der Waals surface area contributed by atoms with Gasteiger partial charge in [0.1, 0.15) is 0 Å². The number of benzene rings is 1. The summed E-state index contributed by atoms with van der Waals surface area (Å²) in [5.74, 6) is 2.58. The summed E-state index contributed by atoms with van der Waals surface area (Å²) < 4.78 is 0. The molecule has 0 unspecified atom stereocenters. The van der Waals surface area contributed by atoms with Gasteiger partial charge in [-0.15, -0.1) is 0 Å². The van der Waals surface area contributed by atoms with E-state index in [1.165, 1.54) is 35.7 Å². The number of nitrogens with one attached hydrogen (secondary N) is 1. The highest BCUT2D eigenvalue weighted by Gasteiger charge is 2.10. The van der Waals surface area contributed by atoms with Crippen molar-refractivity contribution in [3.63, 3.8) is 0 Å². The van der Waals surface area contributed by atoms with Crippen LogP contribution in [0.5, 0.6) is 0 Å². The van der Waals surface area contributed by atoms with Crippen LogP contribution in [0.25, 0.3) is 0 Å². The Kier molecular flexibility index (Phi) is 5.54. The van der Waals surface area contributed by atoms with Crippen LogP contribution in [0.15, 0.2) is 24.3 Å². The van der Waals surface area contributed by atoms with Gasteiger partial charge in [0, 0.05) is 43.7 Å². The highest BCUT2D eigenvalue weighted by atomic mass is 32.2. The Hall–Kier alpha value is -0.510. The van der Waals surface area contributed by atoms with E-state index < -0.39 is 0 Å². The molecule has 0 aromatic heterocycles. The smallest absolute Gasteiger partial charge is 0.0234 e. The lowest BCUT2D eigenvalue weighted by Crippen LogP contribution is -2.31. The lowest BCUT2D eigenvalue weighted by molar-refractivity contribution is 0.294. The summed E-state index contributed by atoms with van der Waals surface area (Å²) in [7, 11) is 0. The quantitative estimate of drug-likeness (QED) is 0.880. The number of rotatable bonds is 5. The van der Waals surface area contributed by atoms with Crippen LogP contribution in [0.3, 0.4) is 0 Å². The minimum absolute atomic E-state index is 0.551. The fraction of sp³-hybridized carbons (Fsp3) is 0.600. The maximum atomic E-state index is 3.45. The van der Waals surface area contributed by atoms with Crippen molar-refractivity contribution >= 4 is 11.8 Å². The van der Waals surface area contributed by atoms with E-state index in [0.29, 0.717) is 6.04 Å². The van der Waals surface area contributed by atoms with Crippen LogP contribution in [-0.4, -0.2) is 35.5 Å². The van der Waals surface area contributed by atoms with E-state index in [9.17, 15) is 0 Å². The lowest BCUT2D eigenvalue weighted by atomic mass is 10.1. The highest BCUT2D eigenvalue weighted by Crippen LogP contribution is 2.13. The predicted octanol–water partition coefficient (Wildman–Crippen LogP) is 2.73. The van der Waals surface area contributed by atoms with E-state index in [4.69, 9.17) is 0 Å². The Morgan fingerprint density at radius 1 is 1.11 bits per heavy atom. The van der Waals surface area contributed by atoms with E-state index in [1.54, 1.807) is 0 Å². The van der Waals surface area contributed by atoms with E-state index in [0.717, 1.165) is 13.1 Å². The van der Waals surface area contributed by atoms with E-state index in [1.807, 2.05) is 0 Å². The maximum Gasteiger partial charge on any atom is 0.0234 e. The van der Waals surface area contributed by atoms with Crippen molar-refractivity contribution in [2.24, 2.45) is 0 Å². The van der Waals surface area contributed by atoms with E-state index >= 15 is 0 Å². The van der Waals surface area contributed by atoms with Crippen molar-refractivity contribution < 1.29 is 0 Å². The predicted molar refractivity (Wildman–Crippen MR) is 81.0 cm³/mol. The van der Waals surface area contributed by atoms with Crippen LogP contribution in [-0.2, 0) is 13.1 Å². The summed E-state index contributed by atoms with van der Waals surface area (Å²) >= 11 is 2.07. The zero-order valence-electron chi connectivity index (χ0n) is 11.5. The first kappa shape index (κ1) is 13.9. The topological polar surface area (TPSA) is 15.3 Å². The van der Waals surface area contributed by atoms with Gasteiger partial charge in [-0.25, -0.2) is 0 Å². The molecule has 1 aliphatic heterocycles. The third kappa shape index (κ3) is 4.63. The zero-order valence-corrected chi connectivity index (χ0v) is 12.3. The number of thioether (sulfide) groups is 1. The van der Waals surface area contributed by atoms with Gasteiger partial charge >= 0.3 is 0 Å². The molecule has 3 heteroatoms. The molecule has 1 aromatic carbocycles. The molecule has 0 atom stereocenters. The Balaban J connectivity index is 1.83. The molecule has 1 aromatic rings. The van der Waals surface area contributed by atoms with Crippen molar-refractivity contribution in [2.75, 3.05) is 24.6 Å². The van der Waals surface area contributed by atoms with Crippen molar-refractivity contribution in [3.8, 4) is 0 Å². The molecule has 0 saturated carbocycles. The third-order valence-electron chi connectivity index (χ3n) is 3.25. The van der Waals surface area contributed by atoms with Gasteiger partial charge in [0.15, 0.2) is 0 Å². The van der Waals surface area contributed by atoms with Crippen molar-refractivity contribution in [3.05, 3.63) is 35.4 Å². The molecule has 1 aliphatic rings. The van der Waals surface area contributed by atoms with Crippen molar-refractivity contribution in [1.29, 1.82) is 0 Å². The fourth-order valence-corrected chi connectivity index (χ4v) is 3.08. The second-order valence-electron chi connectivity index (χ2n) is 5.24. The SMILES string of the molecule is CC(C)NCc1ccc(CN2CCSCC2)cc1. The Bertz CT molecular complexity index is 342. The standard InChI is InChI=1S/C15H24N2S/c1-13(2)16-11-14-3-5-15(6-4-14)12-17-7-9-18-10-8-17/h3-6,13,16H,7-12H2,1-2H3. The molecule has 18 heavy (non-hydrogen) atoms. The summed E-state index contributed by atoms with van der Waals surface area (Å²) in [4.78, 5) is 2.55. The largest absolute Gasteiger partial charge is 0.310 e. The minimum Gasteiger partial charge on any atom is -0.310 e. The summed E-state index contributed by atoms with van der Waals surface area (Å²) in [6.07, 6.45) is 0. The molecule has 1 heterocycles. The molecule has 100 valence electrons. The van der Waals surface area contributed by atoms with Gasteiger partial charge in [-0.1, -0.05) is 38.1 Å². The van der Waals surface area contributed by atoms with Gasteiger partial charge in [0.2, 0.25) is 0 Å². The van der Waals surface area contributed by atoms with Crippen LogP contribution in [0.1, 0.15) is 25.0 Å². The van der Waals surface area contributed by atoms with Gasteiger partial charge in [-0.3, -0.25) is 4.90 Å². The molecule has 2 rings (SSSR count). The lowest BCUT2D eigenvalue weighted by Gasteiger charge is -2.26. The summed E-state index contributed by atoms with van der Waals surface area (Å²) in [6.45, 7) is 8.92. The molecule has 0 aliphatic carbocycles. The molecule has 2 nitrogen and oxygen atoms in total. The second kappa shape index (κ2) is 7.17. The molecule has 1 fully saturated rings. The van der Waals surface area contributed by atoms with Crippen LogP contribution in [0, 0.1) is 0 Å². The average molecular weight is 264 g/mol. The first-order valence-electron chi connectivity index (χ1n) is 6.85. The molecule has 1 N–H and O–H groups in total. The molecular formula is C15H24N2S. The van der Waals surface area contributed by atoms with Crippen LogP contribution >= 0.6 is 11.8 Å². The Morgan fingerprint density at radius 2 is 1.72 bits per heavy atom. The van der Waals surface area contributed by atoms with Gasteiger partial charge in [-0.2, -0.15) is 11.8 Å². The third-order valence-corrected chi connectivity index (χ3v) is 4.19. The first-order chi connectivity index (χ1) is 8.74. The van der Waals surface area contributed by atoms with Crippen molar-refractivity contribution in [2.45, 2.75) is 33.0 Å². The molecular weight excluding hydrogens is 240 g/mol. The number of hydrogen-bond donors (Lipinski definition) is 1. The monoisotopic (exact) mass is 264 g/mol. The zero-order chi connectivity index (χ0) is 12.8. The minimum atomic E-state index is 0.551.